The van der Waals surface area contributed by atoms with Crippen LogP contribution in [-0.4, -0.2) is 6.21 Å². The van der Waals surface area contributed by atoms with Crippen LogP contribution in [0, 0.1) is 23.3 Å². The third kappa shape index (κ3) is 5.44. The molecule has 0 aliphatic rings. The van der Waals surface area contributed by atoms with Crippen molar-refractivity contribution in [1.29, 1.82) is 0 Å². The maximum Gasteiger partial charge on any atom is 0.194 e. The molecule has 0 spiro atoms. The summed E-state index contributed by atoms with van der Waals surface area (Å²) >= 11 is 0. The number of nitrogens with zero attached hydrogens (tertiary/aromatic N) is 1. The van der Waals surface area contributed by atoms with Crippen molar-refractivity contribution < 1.29 is 17.6 Å². The Balaban J connectivity index is 1.70. The number of hydrogen-bond donors (Lipinski definition) is 0. The van der Waals surface area contributed by atoms with E-state index < -0.39 is 23.3 Å². The first-order valence-electron chi connectivity index (χ1n) is 9.66. The van der Waals surface area contributed by atoms with Crippen LogP contribution >= 0.6 is 0 Å². The first-order chi connectivity index (χ1) is 14.5. The van der Waals surface area contributed by atoms with Crippen LogP contribution < -0.4 is 0 Å². The van der Waals surface area contributed by atoms with Crippen LogP contribution in [0.25, 0.3) is 11.1 Å². The lowest BCUT2D eigenvalue weighted by molar-refractivity contribution is 0.447. The standard InChI is InChI=1S/C25H21F4N/c1-2-3-4-5-6-17-7-9-18(10-8-17)16-30-20-11-12-21(22(26)15-20)19-13-23(27)25(29)24(28)14-19/h2,7-16H,1,3-6H2. The molecule has 3 rings (SSSR count). The van der Waals surface area contributed by atoms with E-state index in [4.69, 9.17) is 0 Å². The minimum Gasteiger partial charge on any atom is -0.256 e. The smallest absolute Gasteiger partial charge is 0.194 e. The summed E-state index contributed by atoms with van der Waals surface area (Å²) in [6.07, 6.45) is 7.78. The summed E-state index contributed by atoms with van der Waals surface area (Å²) in [5.41, 5.74) is 2.35. The van der Waals surface area contributed by atoms with Crippen LogP contribution in [0.5, 0.6) is 0 Å². The van der Waals surface area contributed by atoms with Gasteiger partial charge in [0.1, 0.15) is 5.82 Å². The van der Waals surface area contributed by atoms with Crippen molar-refractivity contribution in [3.8, 4) is 11.1 Å². The van der Waals surface area contributed by atoms with Crippen molar-refractivity contribution in [3.05, 3.63) is 102 Å². The normalized spacial score (nSPS) is 11.2. The Morgan fingerprint density at radius 2 is 1.50 bits per heavy atom. The number of halogens is 4. The highest BCUT2D eigenvalue weighted by atomic mass is 19.2. The van der Waals surface area contributed by atoms with Gasteiger partial charge in [-0.3, -0.25) is 4.99 Å². The lowest BCUT2D eigenvalue weighted by atomic mass is 10.0. The lowest BCUT2D eigenvalue weighted by Crippen LogP contribution is -1.93. The molecule has 3 aromatic carbocycles. The molecule has 0 saturated carbocycles. The van der Waals surface area contributed by atoms with Crippen LogP contribution in [-0.2, 0) is 6.42 Å². The molecule has 0 bridgehead atoms. The quantitative estimate of drug-likeness (QED) is 0.119. The molecular weight excluding hydrogens is 390 g/mol. The highest BCUT2D eigenvalue weighted by Crippen LogP contribution is 2.28. The second-order valence-electron chi connectivity index (χ2n) is 6.95. The first-order valence-corrected chi connectivity index (χ1v) is 9.66. The van der Waals surface area contributed by atoms with E-state index in [0.717, 1.165) is 43.4 Å². The first kappa shape index (κ1) is 21.5. The second-order valence-corrected chi connectivity index (χ2v) is 6.95. The third-order valence-electron chi connectivity index (χ3n) is 4.71. The van der Waals surface area contributed by atoms with E-state index in [1.165, 1.54) is 23.8 Å². The minimum atomic E-state index is -1.58. The van der Waals surface area contributed by atoms with Gasteiger partial charge in [-0.25, -0.2) is 17.6 Å². The summed E-state index contributed by atoms with van der Waals surface area (Å²) < 4.78 is 54.4. The molecule has 0 heterocycles. The number of aryl methyl sites for hydroxylation is 1. The van der Waals surface area contributed by atoms with E-state index in [1.807, 2.05) is 30.3 Å². The van der Waals surface area contributed by atoms with Gasteiger partial charge in [-0.2, -0.15) is 0 Å². The highest BCUT2D eigenvalue weighted by Gasteiger charge is 2.14. The third-order valence-corrected chi connectivity index (χ3v) is 4.71. The average Bonchev–Trinajstić information content (AvgIpc) is 2.74. The molecule has 0 aliphatic carbocycles. The summed E-state index contributed by atoms with van der Waals surface area (Å²) in [6, 6.07) is 13.5. The predicted molar refractivity (Wildman–Crippen MR) is 113 cm³/mol. The Kier molecular flexibility index (Phi) is 7.17. The van der Waals surface area contributed by atoms with Gasteiger partial charge in [0.15, 0.2) is 17.5 Å². The van der Waals surface area contributed by atoms with Crippen LogP contribution in [0.4, 0.5) is 23.2 Å². The summed E-state index contributed by atoms with van der Waals surface area (Å²) in [7, 11) is 0. The fourth-order valence-corrected chi connectivity index (χ4v) is 3.07. The van der Waals surface area contributed by atoms with Gasteiger partial charge < -0.3 is 0 Å². The van der Waals surface area contributed by atoms with Crippen molar-refractivity contribution >= 4 is 11.9 Å². The Labute approximate surface area is 173 Å². The fourth-order valence-electron chi connectivity index (χ4n) is 3.07. The van der Waals surface area contributed by atoms with Crippen LogP contribution in [0.15, 0.2) is 72.2 Å². The number of hydrogen-bond acceptors (Lipinski definition) is 1. The second kappa shape index (κ2) is 10.0. The molecule has 0 N–H and O–H groups in total. The molecule has 0 atom stereocenters. The van der Waals surface area contributed by atoms with E-state index in [-0.39, 0.29) is 11.1 Å². The number of unbranched alkanes of at least 4 members (excludes halogenated alkanes) is 2. The zero-order valence-corrected chi connectivity index (χ0v) is 16.3. The average molecular weight is 411 g/mol. The Morgan fingerprint density at radius 3 is 2.13 bits per heavy atom. The molecule has 0 radical (unpaired) electrons. The molecule has 3 aromatic rings. The summed E-state index contributed by atoms with van der Waals surface area (Å²) in [5.74, 6) is -5.01. The van der Waals surface area contributed by atoms with E-state index in [1.54, 1.807) is 6.21 Å². The zero-order valence-electron chi connectivity index (χ0n) is 16.3. The Bertz CT molecular complexity index is 1030. The van der Waals surface area contributed by atoms with Crippen LogP contribution in [0.3, 0.4) is 0 Å². The van der Waals surface area contributed by atoms with Gasteiger partial charge in [-0.1, -0.05) is 30.3 Å². The van der Waals surface area contributed by atoms with Gasteiger partial charge in [-0.15, -0.1) is 6.58 Å². The highest BCUT2D eigenvalue weighted by molar-refractivity contribution is 5.82. The number of allylic oxidation sites excluding steroid dienone is 1. The van der Waals surface area contributed by atoms with Gasteiger partial charge in [-0.05, 0) is 66.6 Å². The SMILES string of the molecule is C=CCCCCc1ccc(C=Nc2ccc(-c3cc(F)c(F)c(F)c3)c(F)c2)cc1. The molecule has 0 unspecified atom stereocenters. The topological polar surface area (TPSA) is 12.4 Å². The Hall–Kier alpha value is -3.21. The van der Waals surface area contributed by atoms with Gasteiger partial charge in [0, 0.05) is 17.8 Å². The predicted octanol–water partition coefficient (Wildman–Crippen LogP) is 7.56. The van der Waals surface area contributed by atoms with Gasteiger partial charge in [0.05, 0.1) is 5.69 Å². The monoisotopic (exact) mass is 411 g/mol. The minimum absolute atomic E-state index is 0.0347. The van der Waals surface area contributed by atoms with Crippen molar-refractivity contribution in [2.24, 2.45) is 4.99 Å². The number of aliphatic imine (C=N–C) groups is 1. The van der Waals surface area contributed by atoms with Crippen molar-refractivity contribution in [1.82, 2.24) is 0 Å². The van der Waals surface area contributed by atoms with E-state index >= 15 is 0 Å². The van der Waals surface area contributed by atoms with Gasteiger partial charge in [0.2, 0.25) is 0 Å². The molecule has 30 heavy (non-hydrogen) atoms. The number of rotatable bonds is 8. The van der Waals surface area contributed by atoms with Gasteiger partial charge in [0.25, 0.3) is 0 Å². The van der Waals surface area contributed by atoms with E-state index in [9.17, 15) is 17.6 Å². The summed E-state index contributed by atoms with van der Waals surface area (Å²) in [5, 5.41) is 0. The van der Waals surface area contributed by atoms with E-state index in [0.29, 0.717) is 5.69 Å². The maximum absolute atomic E-state index is 14.4. The molecule has 0 fully saturated rings. The molecule has 1 nitrogen and oxygen atoms in total. The largest absolute Gasteiger partial charge is 0.256 e. The maximum atomic E-state index is 14.4. The van der Waals surface area contributed by atoms with E-state index in [2.05, 4.69) is 11.6 Å². The zero-order chi connectivity index (χ0) is 21.5. The molecular formula is C25H21F4N. The van der Waals surface area contributed by atoms with Crippen molar-refractivity contribution in [3.63, 3.8) is 0 Å². The molecule has 154 valence electrons. The summed E-state index contributed by atoms with van der Waals surface area (Å²) in [4.78, 5) is 4.25. The fraction of sp³-hybridized carbons (Fsp3) is 0.160. The Morgan fingerprint density at radius 1 is 0.800 bits per heavy atom. The molecule has 0 amide bonds. The van der Waals surface area contributed by atoms with Gasteiger partial charge >= 0.3 is 0 Å². The summed E-state index contributed by atoms with van der Waals surface area (Å²) in [6.45, 7) is 3.72. The molecule has 0 aromatic heterocycles. The van der Waals surface area contributed by atoms with Crippen molar-refractivity contribution in [2.75, 3.05) is 0 Å². The number of benzene rings is 3. The van der Waals surface area contributed by atoms with Crippen molar-refractivity contribution in [2.45, 2.75) is 25.7 Å². The van der Waals surface area contributed by atoms with Crippen LogP contribution in [0.1, 0.15) is 30.4 Å². The molecule has 0 saturated heterocycles. The van der Waals surface area contributed by atoms with Crippen LogP contribution in [0.2, 0.25) is 0 Å². The molecule has 0 aliphatic heterocycles. The lowest BCUT2D eigenvalue weighted by Gasteiger charge is -2.06. The molecule has 5 heteroatoms.